The standard InChI is InChI=1S/C17H29N3O.HI/c1-17(2,11-12-21-5)14-19-16(20(3)4)18-13-15-9-7-6-8-10-15;/h6-10H,11-14H2,1-5H3,(H,18,19);1H. The van der Waals surface area contributed by atoms with E-state index in [2.05, 4.69) is 36.3 Å². The van der Waals surface area contributed by atoms with Gasteiger partial charge in [0.1, 0.15) is 0 Å². The molecule has 1 rings (SSSR count). The highest BCUT2D eigenvalue weighted by Gasteiger charge is 2.18. The Hall–Kier alpha value is -0.820. The van der Waals surface area contributed by atoms with Gasteiger partial charge < -0.3 is 15.0 Å². The molecular formula is C17H30IN3O. The fourth-order valence-electron chi connectivity index (χ4n) is 1.89. The first-order chi connectivity index (χ1) is 9.94. The van der Waals surface area contributed by atoms with Crippen LogP contribution in [0.3, 0.4) is 0 Å². The molecule has 4 nitrogen and oxygen atoms in total. The number of guanidine groups is 1. The Labute approximate surface area is 152 Å². The van der Waals surface area contributed by atoms with E-state index < -0.39 is 0 Å². The Bertz CT molecular complexity index is 433. The first-order valence-electron chi connectivity index (χ1n) is 7.43. The number of benzene rings is 1. The molecule has 0 saturated heterocycles. The number of aliphatic imine (C=N–C) groups is 1. The molecule has 0 bridgehead atoms. The van der Waals surface area contributed by atoms with Crippen LogP contribution in [-0.2, 0) is 11.3 Å². The molecule has 0 atom stereocenters. The fourth-order valence-corrected chi connectivity index (χ4v) is 1.89. The van der Waals surface area contributed by atoms with Crippen LogP contribution in [0.4, 0.5) is 0 Å². The molecule has 1 aromatic carbocycles. The highest BCUT2D eigenvalue weighted by molar-refractivity contribution is 14.0. The van der Waals surface area contributed by atoms with Gasteiger partial charge in [-0.25, -0.2) is 4.99 Å². The average molecular weight is 419 g/mol. The van der Waals surface area contributed by atoms with E-state index in [1.54, 1.807) is 7.11 Å². The van der Waals surface area contributed by atoms with Gasteiger partial charge in [0, 0.05) is 34.4 Å². The number of rotatable bonds is 7. The second kappa shape index (κ2) is 10.8. The normalized spacial score (nSPS) is 11.8. The summed E-state index contributed by atoms with van der Waals surface area (Å²) >= 11 is 0. The van der Waals surface area contributed by atoms with Crippen molar-refractivity contribution in [2.45, 2.75) is 26.8 Å². The van der Waals surface area contributed by atoms with E-state index in [-0.39, 0.29) is 29.4 Å². The summed E-state index contributed by atoms with van der Waals surface area (Å²) in [5.41, 5.74) is 1.40. The molecule has 0 fully saturated rings. The molecule has 0 spiro atoms. The number of ether oxygens (including phenoxy) is 1. The molecule has 0 aliphatic heterocycles. The van der Waals surface area contributed by atoms with Crippen molar-refractivity contribution in [3.05, 3.63) is 35.9 Å². The maximum absolute atomic E-state index is 5.17. The van der Waals surface area contributed by atoms with Crippen LogP contribution in [0.25, 0.3) is 0 Å². The SMILES string of the molecule is COCCC(C)(C)CNC(=NCc1ccccc1)N(C)C.I. The highest BCUT2D eigenvalue weighted by Crippen LogP contribution is 2.18. The van der Waals surface area contributed by atoms with Crippen LogP contribution < -0.4 is 5.32 Å². The van der Waals surface area contributed by atoms with E-state index >= 15 is 0 Å². The van der Waals surface area contributed by atoms with Gasteiger partial charge in [0.05, 0.1) is 6.54 Å². The zero-order valence-electron chi connectivity index (χ0n) is 14.4. The van der Waals surface area contributed by atoms with Crippen LogP contribution in [0, 0.1) is 5.41 Å². The third-order valence-electron chi connectivity index (χ3n) is 3.39. The van der Waals surface area contributed by atoms with E-state index in [0.717, 1.165) is 25.5 Å². The third kappa shape index (κ3) is 8.58. The second-order valence-electron chi connectivity index (χ2n) is 6.28. The van der Waals surface area contributed by atoms with Crippen LogP contribution in [-0.4, -0.2) is 45.2 Å². The molecule has 22 heavy (non-hydrogen) atoms. The summed E-state index contributed by atoms with van der Waals surface area (Å²) in [6.45, 7) is 6.84. The van der Waals surface area contributed by atoms with Crippen molar-refractivity contribution in [3.8, 4) is 0 Å². The number of nitrogens with zero attached hydrogens (tertiary/aromatic N) is 2. The Morgan fingerprint density at radius 3 is 2.41 bits per heavy atom. The molecule has 0 saturated carbocycles. The van der Waals surface area contributed by atoms with Gasteiger partial charge in [-0.3, -0.25) is 0 Å². The summed E-state index contributed by atoms with van der Waals surface area (Å²) in [5.74, 6) is 0.921. The molecule has 5 heteroatoms. The zero-order chi connectivity index (χ0) is 15.7. The molecule has 0 unspecified atom stereocenters. The Balaban J connectivity index is 0.00000441. The summed E-state index contributed by atoms with van der Waals surface area (Å²) in [5, 5.41) is 3.46. The number of halogens is 1. The molecule has 0 aromatic heterocycles. The quantitative estimate of drug-likeness (QED) is 0.418. The Morgan fingerprint density at radius 1 is 1.23 bits per heavy atom. The summed E-state index contributed by atoms with van der Waals surface area (Å²) in [4.78, 5) is 6.70. The largest absolute Gasteiger partial charge is 0.385 e. The Morgan fingerprint density at radius 2 is 1.86 bits per heavy atom. The molecule has 0 amide bonds. The molecule has 0 heterocycles. The molecule has 0 aliphatic carbocycles. The molecule has 0 aliphatic rings. The van der Waals surface area contributed by atoms with Crippen LogP contribution in [0.5, 0.6) is 0 Å². The first-order valence-corrected chi connectivity index (χ1v) is 7.43. The first kappa shape index (κ1) is 21.2. The lowest BCUT2D eigenvalue weighted by Crippen LogP contribution is -2.41. The number of hydrogen-bond acceptors (Lipinski definition) is 2. The van der Waals surface area contributed by atoms with E-state index in [1.807, 2.05) is 37.2 Å². The lowest BCUT2D eigenvalue weighted by molar-refractivity contribution is 0.153. The average Bonchev–Trinajstić information content (AvgIpc) is 2.46. The van der Waals surface area contributed by atoms with Gasteiger partial charge in [-0.1, -0.05) is 44.2 Å². The number of nitrogens with one attached hydrogen (secondary N) is 1. The lowest BCUT2D eigenvalue weighted by Gasteiger charge is -2.27. The van der Waals surface area contributed by atoms with Gasteiger partial charge in [0.15, 0.2) is 5.96 Å². The van der Waals surface area contributed by atoms with Gasteiger partial charge in [-0.15, -0.1) is 24.0 Å². The van der Waals surface area contributed by atoms with Crippen LogP contribution >= 0.6 is 24.0 Å². The van der Waals surface area contributed by atoms with Crippen LogP contribution in [0.1, 0.15) is 25.8 Å². The monoisotopic (exact) mass is 419 g/mol. The molecule has 1 N–H and O–H groups in total. The minimum absolute atomic E-state index is 0. The number of methoxy groups -OCH3 is 1. The predicted octanol–water partition coefficient (Wildman–Crippen LogP) is 3.37. The maximum atomic E-state index is 5.17. The molecular weight excluding hydrogens is 389 g/mol. The Kier molecular flexibility index (Phi) is 10.4. The minimum atomic E-state index is 0. The summed E-state index contributed by atoms with van der Waals surface area (Å²) in [7, 11) is 5.77. The van der Waals surface area contributed by atoms with Gasteiger partial charge in [0.2, 0.25) is 0 Å². The zero-order valence-corrected chi connectivity index (χ0v) is 16.8. The summed E-state index contributed by atoms with van der Waals surface area (Å²) < 4.78 is 5.17. The summed E-state index contributed by atoms with van der Waals surface area (Å²) in [6, 6.07) is 10.3. The van der Waals surface area contributed by atoms with Crippen molar-refractivity contribution < 1.29 is 4.74 Å². The predicted molar refractivity (Wildman–Crippen MR) is 105 cm³/mol. The summed E-state index contributed by atoms with van der Waals surface area (Å²) in [6.07, 6.45) is 1.02. The highest BCUT2D eigenvalue weighted by atomic mass is 127. The van der Waals surface area contributed by atoms with Gasteiger partial charge >= 0.3 is 0 Å². The van der Waals surface area contributed by atoms with E-state index in [1.165, 1.54) is 5.56 Å². The number of hydrogen-bond donors (Lipinski definition) is 1. The lowest BCUT2D eigenvalue weighted by atomic mass is 9.90. The van der Waals surface area contributed by atoms with Gasteiger partial charge in [0.25, 0.3) is 0 Å². The fraction of sp³-hybridized carbons (Fsp3) is 0.588. The molecule has 1 aromatic rings. The van der Waals surface area contributed by atoms with Crippen molar-refractivity contribution in [3.63, 3.8) is 0 Å². The second-order valence-corrected chi connectivity index (χ2v) is 6.28. The topological polar surface area (TPSA) is 36.9 Å². The van der Waals surface area contributed by atoms with Crippen molar-refractivity contribution in [2.24, 2.45) is 10.4 Å². The molecule has 0 radical (unpaired) electrons. The molecule has 126 valence electrons. The van der Waals surface area contributed by atoms with Crippen molar-refractivity contribution in [1.82, 2.24) is 10.2 Å². The van der Waals surface area contributed by atoms with E-state index in [9.17, 15) is 0 Å². The van der Waals surface area contributed by atoms with Crippen molar-refractivity contribution >= 4 is 29.9 Å². The maximum Gasteiger partial charge on any atom is 0.193 e. The van der Waals surface area contributed by atoms with Crippen LogP contribution in [0.15, 0.2) is 35.3 Å². The van der Waals surface area contributed by atoms with Crippen molar-refractivity contribution in [2.75, 3.05) is 34.4 Å². The van der Waals surface area contributed by atoms with Crippen molar-refractivity contribution in [1.29, 1.82) is 0 Å². The van der Waals surface area contributed by atoms with Crippen LogP contribution in [0.2, 0.25) is 0 Å². The van der Waals surface area contributed by atoms with Gasteiger partial charge in [-0.05, 0) is 17.4 Å². The van der Waals surface area contributed by atoms with Gasteiger partial charge in [-0.2, -0.15) is 0 Å². The minimum Gasteiger partial charge on any atom is -0.385 e. The third-order valence-corrected chi connectivity index (χ3v) is 3.39. The van der Waals surface area contributed by atoms with E-state index in [0.29, 0.717) is 6.54 Å². The van der Waals surface area contributed by atoms with E-state index in [4.69, 9.17) is 4.74 Å². The smallest absolute Gasteiger partial charge is 0.193 e.